The molecule has 0 amide bonds. The summed E-state index contributed by atoms with van der Waals surface area (Å²) in [6, 6.07) is 7.87. The van der Waals surface area contributed by atoms with Gasteiger partial charge >= 0.3 is 5.69 Å². The smallest absolute Gasteiger partial charge is 0.326 e. The number of benzene rings is 1. The van der Waals surface area contributed by atoms with Crippen LogP contribution >= 0.6 is 0 Å². The van der Waals surface area contributed by atoms with Crippen molar-refractivity contribution in [1.82, 2.24) is 18.8 Å². The first kappa shape index (κ1) is 17.7. The predicted octanol–water partition coefficient (Wildman–Crippen LogP) is 1.56. The molecule has 0 aliphatic carbocycles. The molecule has 0 saturated heterocycles. The van der Waals surface area contributed by atoms with Crippen molar-refractivity contribution in [1.29, 1.82) is 0 Å². The third kappa shape index (κ3) is 2.92. The van der Waals surface area contributed by atoms with Gasteiger partial charge < -0.3 is 9.55 Å². The zero-order valence-electron chi connectivity index (χ0n) is 14.8. The molecular formula is C18H20N4O4S. The Morgan fingerprint density at radius 1 is 1.15 bits per heavy atom. The molecule has 1 aliphatic heterocycles. The molecule has 2 aromatic heterocycles. The fourth-order valence-electron chi connectivity index (χ4n) is 3.74. The number of fused-ring (bicyclic) bond motifs is 2. The van der Waals surface area contributed by atoms with E-state index in [0.29, 0.717) is 25.0 Å². The molecule has 0 fully saturated rings. The Morgan fingerprint density at radius 3 is 2.74 bits per heavy atom. The lowest BCUT2D eigenvalue weighted by atomic mass is 10.1. The van der Waals surface area contributed by atoms with Crippen LogP contribution in [0.5, 0.6) is 0 Å². The van der Waals surface area contributed by atoms with Crippen molar-refractivity contribution < 1.29 is 8.42 Å². The van der Waals surface area contributed by atoms with Gasteiger partial charge in [0.15, 0.2) is 0 Å². The van der Waals surface area contributed by atoms with Crippen molar-refractivity contribution in [3.8, 4) is 0 Å². The molecule has 2 N–H and O–H groups in total. The van der Waals surface area contributed by atoms with Crippen molar-refractivity contribution in [2.24, 2.45) is 0 Å². The molecule has 0 radical (unpaired) electrons. The van der Waals surface area contributed by atoms with Crippen molar-refractivity contribution >= 4 is 20.9 Å². The molecule has 3 aromatic rings. The lowest BCUT2D eigenvalue weighted by Gasteiger charge is -2.36. The van der Waals surface area contributed by atoms with Gasteiger partial charge in [-0.2, -0.15) is 4.31 Å². The number of aromatic nitrogens is 3. The maximum atomic E-state index is 13.4. The summed E-state index contributed by atoms with van der Waals surface area (Å²) >= 11 is 0. The van der Waals surface area contributed by atoms with Crippen LogP contribution in [0.4, 0.5) is 0 Å². The highest BCUT2D eigenvalue weighted by Gasteiger charge is 2.36. The number of hydrogen-bond acceptors (Lipinski definition) is 4. The average molecular weight is 388 g/mol. The molecule has 27 heavy (non-hydrogen) atoms. The van der Waals surface area contributed by atoms with Gasteiger partial charge in [0.1, 0.15) is 0 Å². The summed E-state index contributed by atoms with van der Waals surface area (Å²) in [5.74, 6) is 0. The fourth-order valence-corrected chi connectivity index (χ4v) is 5.38. The van der Waals surface area contributed by atoms with Crippen LogP contribution < -0.4 is 11.2 Å². The molecule has 9 heteroatoms. The van der Waals surface area contributed by atoms with Crippen molar-refractivity contribution in [2.75, 3.05) is 6.54 Å². The Balaban J connectivity index is 1.82. The van der Waals surface area contributed by atoms with E-state index in [1.54, 1.807) is 0 Å². The second-order valence-corrected chi connectivity index (χ2v) is 8.55. The molecule has 1 aromatic carbocycles. The van der Waals surface area contributed by atoms with Crippen LogP contribution in [0.15, 0.2) is 51.0 Å². The van der Waals surface area contributed by atoms with Crippen LogP contribution in [0.3, 0.4) is 0 Å². The van der Waals surface area contributed by atoms with E-state index in [4.69, 9.17) is 0 Å². The van der Waals surface area contributed by atoms with E-state index >= 15 is 0 Å². The van der Waals surface area contributed by atoms with Gasteiger partial charge in [-0.1, -0.05) is 13.3 Å². The number of nitrogens with zero attached hydrogens (tertiary/aromatic N) is 2. The second-order valence-electron chi connectivity index (χ2n) is 6.66. The fraction of sp³-hybridized carbons (Fsp3) is 0.333. The van der Waals surface area contributed by atoms with Crippen LogP contribution in [-0.4, -0.2) is 33.8 Å². The Bertz CT molecular complexity index is 1220. The Labute approximate surface area is 155 Å². The minimum Gasteiger partial charge on any atom is -0.349 e. The molecule has 1 aliphatic rings. The van der Waals surface area contributed by atoms with Crippen LogP contribution in [-0.2, 0) is 16.6 Å². The van der Waals surface area contributed by atoms with E-state index < -0.39 is 21.3 Å². The van der Waals surface area contributed by atoms with Crippen molar-refractivity contribution in [3.63, 3.8) is 0 Å². The van der Waals surface area contributed by atoms with Gasteiger partial charge in [0, 0.05) is 25.0 Å². The van der Waals surface area contributed by atoms with Crippen LogP contribution in [0.1, 0.15) is 31.5 Å². The minimum absolute atomic E-state index is 0.0497. The maximum absolute atomic E-state index is 13.4. The highest BCUT2D eigenvalue weighted by Crippen LogP contribution is 2.34. The highest BCUT2D eigenvalue weighted by molar-refractivity contribution is 7.89. The van der Waals surface area contributed by atoms with Gasteiger partial charge in [-0.15, -0.1) is 0 Å². The molecule has 3 heterocycles. The van der Waals surface area contributed by atoms with E-state index in [9.17, 15) is 18.0 Å². The zero-order chi connectivity index (χ0) is 19.2. The third-order valence-corrected chi connectivity index (χ3v) is 6.90. The second kappa shape index (κ2) is 6.50. The summed E-state index contributed by atoms with van der Waals surface area (Å²) in [4.78, 5) is 28.1. The molecule has 0 spiro atoms. The summed E-state index contributed by atoms with van der Waals surface area (Å²) in [5.41, 5.74) is 0.0568. The van der Waals surface area contributed by atoms with Crippen LogP contribution in [0, 0.1) is 0 Å². The van der Waals surface area contributed by atoms with E-state index in [1.165, 1.54) is 22.5 Å². The lowest BCUT2D eigenvalue weighted by molar-refractivity contribution is 0.253. The predicted molar refractivity (Wildman–Crippen MR) is 101 cm³/mol. The number of H-pyrrole nitrogens is 2. The van der Waals surface area contributed by atoms with Crippen LogP contribution in [0.2, 0.25) is 0 Å². The van der Waals surface area contributed by atoms with E-state index in [0.717, 1.165) is 12.1 Å². The number of nitrogens with one attached hydrogen (secondary N) is 2. The topological polar surface area (TPSA) is 108 Å². The molecule has 0 saturated carbocycles. The molecule has 0 unspecified atom stereocenters. The lowest BCUT2D eigenvalue weighted by Crippen LogP contribution is -2.41. The van der Waals surface area contributed by atoms with Gasteiger partial charge in [-0.25, -0.2) is 13.2 Å². The molecule has 8 nitrogen and oxygen atoms in total. The highest BCUT2D eigenvalue weighted by atomic mass is 32.2. The van der Waals surface area contributed by atoms with Gasteiger partial charge in [0.2, 0.25) is 10.0 Å². The van der Waals surface area contributed by atoms with Gasteiger partial charge in [-0.05, 0) is 36.8 Å². The van der Waals surface area contributed by atoms with E-state index in [2.05, 4.69) is 14.5 Å². The van der Waals surface area contributed by atoms with Crippen LogP contribution in [0.25, 0.3) is 10.9 Å². The number of sulfonamides is 1. The molecular weight excluding hydrogens is 368 g/mol. The molecule has 1 atom stereocenters. The summed E-state index contributed by atoms with van der Waals surface area (Å²) in [6.45, 7) is 2.98. The van der Waals surface area contributed by atoms with Crippen molar-refractivity contribution in [2.45, 2.75) is 37.2 Å². The van der Waals surface area contributed by atoms with Gasteiger partial charge in [0.25, 0.3) is 5.56 Å². The first-order chi connectivity index (χ1) is 12.9. The number of hydrogen-bond donors (Lipinski definition) is 2. The van der Waals surface area contributed by atoms with Gasteiger partial charge in [0.05, 0.1) is 21.8 Å². The quantitative estimate of drug-likeness (QED) is 0.707. The maximum Gasteiger partial charge on any atom is 0.326 e. The average Bonchev–Trinajstić information content (AvgIpc) is 3.10. The number of rotatable bonds is 4. The molecule has 142 valence electrons. The van der Waals surface area contributed by atoms with E-state index in [1.807, 2.05) is 25.3 Å². The first-order valence-electron chi connectivity index (χ1n) is 8.85. The molecule has 4 rings (SSSR count). The minimum atomic E-state index is -3.80. The third-order valence-electron chi connectivity index (χ3n) is 4.99. The summed E-state index contributed by atoms with van der Waals surface area (Å²) in [7, 11) is -3.80. The largest absolute Gasteiger partial charge is 0.349 e. The van der Waals surface area contributed by atoms with Crippen molar-refractivity contribution in [3.05, 3.63) is 63.1 Å². The normalized spacial score (nSPS) is 17.9. The number of aromatic amines is 2. The standard InChI is InChI=1S/C18H20N4O4S/c1-2-4-16-15-5-3-8-21(15)9-10-22(16)27(25,26)12-6-7-14-13(11-12)17(23)20-18(24)19-14/h3,5-8,11,16H,2,4,9-10H2,1H3,(H2,19,20,23,24)/t16-/m0/s1. The summed E-state index contributed by atoms with van der Waals surface area (Å²) in [5, 5.41) is 0.142. The Morgan fingerprint density at radius 2 is 1.96 bits per heavy atom. The zero-order valence-corrected chi connectivity index (χ0v) is 15.6. The Hall–Kier alpha value is -2.65. The van der Waals surface area contributed by atoms with Gasteiger partial charge in [-0.3, -0.25) is 9.78 Å². The Kier molecular flexibility index (Phi) is 4.27. The first-order valence-corrected chi connectivity index (χ1v) is 10.3. The monoisotopic (exact) mass is 388 g/mol. The summed E-state index contributed by atoms with van der Waals surface area (Å²) < 4.78 is 30.3. The van der Waals surface area contributed by atoms with E-state index in [-0.39, 0.29) is 16.3 Å². The summed E-state index contributed by atoms with van der Waals surface area (Å²) in [6.07, 6.45) is 3.53. The SMILES string of the molecule is CCC[C@H]1c2cccn2CCN1S(=O)(=O)c1ccc2[nH]c(=O)[nH]c(=O)c2c1. The molecule has 0 bridgehead atoms.